The Morgan fingerprint density at radius 1 is 0.737 bits per heavy atom. The number of hydrogen-bond donors (Lipinski definition) is 0. The van der Waals surface area contributed by atoms with Gasteiger partial charge < -0.3 is 9.80 Å². The largest absolute Gasteiger partial charge is 0.371 e. The summed E-state index contributed by atoms with van der Waals surface area (Å²) in [7, 11) is 0. The SMILES string of the molecule is N#Cc1cc(N2CCCCC2)cc(N2CCCC2)c1. The number of nitriles is 1. The Bertz CT molecular complexity index is 477. The summed E-state index contributed by atoms with van der Waals surface area (Å²) >= 11 is 0. The van der Waals surface area contributed by atoms with E-state index in [1.54, 1.807) is 0 Å². The van der Waals surface area contributed by atoms with Crippen LogP contribution in [0.25, 0.3) is 0 Å². The minimum absolute atomic E-state index is 0.796. The molecule has 0 unspecified atom stereocenters. The van der Waals surface area contributed by atoms with Gasteiger partial charge in [-0.15, -0.1) is 0 Å². The minimum Gasteiger partial charge on any atom is -0.371 e. The number of nitrogens with zero attached hydrogens (tertiary/aromatic N) is 3. The van der Waals surface area contributed by atoms with E-state index < -0.39 is 0 Å². The highest BCUT2D eigenvalue weighted by Crippen LogP contribution is 2.29. The van der Waals surface area contributed by atoms with Crippen LogP contribution in [0.2, 0.25) is 0 Å². The summed E-state index contributed by atoms with van der Waals surface area (Å²) in [6, 6.07) is 8.68. The summed E-state index contributed by atoms with van der Waals surface area (Å²) < 4.78 is 0. The van der Waals surface area contributed by atoms with Crippen molar-refractivity contribution >= 4 is 11.4 Å². The van der Waals surface area contributed by atoms with Gasteiger partial charge in [-0.25, -0.2) is 0 Å². The van der Waals surface area contributed by atoms with Gasteiger partial charge in [0, 0.05) is 37.6 Å². The molecule has 0 aromatic heterocycles. The second kappa shape index (κ2) is 5.52. The molecule has 3 rings (SSSR count). The summed E-state index contributed by atoms with van der Waals surface area (Å²) in [6.07, 6.45) is 6.44. The number of benzene rings is 1. The van der Waals surface area contributed by atoms with E-state index in [9.17, 15) is 5.26 Å². The molecule has 1 aromatic carbocycles. The van der Waals surface area contributed by atoms with Crippen molar-refractivity contribution in [2.45, 2.75) is 32.1 Å². The normalized spacial score (nSPS) is 19.5. The zero-order valence-corrected chi connectivity index (χ0v) is 11.4. The van der Waals surface area contributed by atoms with E-state index in [1.165, 1.54) is 43.5 Å². The fraction of sp³-hybridized carbons (Fsp3) is 0.562. The van der Waals surface area contributed by atoms with Gasteiger partial charge >= 0.3 is 0 Å². The van der Waals surface area contributed by atoms with Crippen molar-refractivity contribution in [3.63, 3.8) is 0 Å². The predicted octanol–water partition coefficient (Wildman–Crippen LogP) is 3.15. The molecule has 0 N–H and O–H groups in total. The lowest BCUT2D eigenvalue weighted by Crippen LogP contribution is -2.29. The van der Waals surface area contributed by atoms with Gasteiger partial charge in [-0.3, -0.25) is 0 Å². The Kier molecular flexibility index (Phi) is 3.59. The third-order valence-corrected chi connectivity index (χ3v) is 4.22. The number of hydrogen-bond acceptors (Lipinski definition) is 3. The van der Waals surface area contributed by atoms with E-state index in [2.05, 4.69) is 21.9 Å². The maximum atomic E-state index is 9.24. The predicted molar refractivity (Wildman–Crippen MR) is 78.7 cm³/mol. The molecule has 2 aliphatic heterocycles. The van der Waals surface area contributed by atoms with Crippen molar-refractivity contribution in [1.82, 2.24) is 0 Å². The minimum atomic E-state index is 0.796. The van der Waals surface area contributed by atoms with Crippen molar-refractivity contribution < 1.29 is 0 Å². The molecule has 0 radical (unpaired) electrons. The zero-order chi connectivity index (χ0) is 13.1. The van der Waals surface area contributed by atoms with E-state index in [0.29, 0.717) is 0 Å². The van der Waals surface area contributed by atoms with Crippen LogP contribution in [-0.2, 0) is 0 Å². The summed E-state index contributed by atoms with van der Waals surface area (Å²) in [5.74, 6) is 0. The van der Waals surface area contributed by atoms with Gasteiger partial charge in [-0.05, 0) is 50.3 Å². The molecule has 19 heavy (non-hydrogen) atoms. The van der Waals surface area contributed by atoms with Crippen LogP contribution in [0.15, 0.2) is 18.2 Å². The van der Waals surface area contributed by atoms with Crippen LogP contribution >= 0.6 is 0 Å². The highest BCUT2D eigenvalue weighted by Gasteiger charge is 2.17. The molecule has 1 aromatic rings. The summed E-state index contributed by atoms with van der Waals surface area (Å²) in [5.41, 5.74) is 3.27. The van der Waals surface area contributed by atoms with Crippen LogP contribution in [-0.4, -0.2) is 26.2 Å². The fourth-order valence-corrected chi connectivity index (χ4v) is 3.15. The lowest BCUT2D eigenvalue weighted by Gasteiger charge is -2.30. The molecular formula is C16H21N3. The molecule has 2 fully saturated rings. The molecule has 2 heterocycles. The van der Waals surface area contributed by atoms with E-state index in [1.807, 2.05) is 12.1 Å². The van der Waals surface area contributed by atoms with Gasteiger partial charge in [0.1, 0.15) is 0 Å². The molecule has 3 heteroatoms. The highest BCUT2D eigenvalue weighted by molar-refractivity contribution is 5.64. The first-order valence-corrected chi connectivity index (χ1v) is 7.42. The molecule has 0 amide bonds. The van der Waals surface area contributed by atoms with Crippen LogP contribution < -0.4 is 9.80 Å². The van der Waals surface area contributed by atoms with Gasteiger partial charge in [0.25, 0.3) is 0 Å². The molecule has 0 bridgehead atoms. The highest BCUT2D eigenvalue weighted by atomic mass is 15.2. The first kappa shape index (κ1) is 12.3. The molecule has 0 spiro atoms. The van der Waals surface area contributed by atoms with E-state index in [0.717, 1.165) is 31.7 Å². The maximum absolute atomic E-state index is 9.24. The third kappa shape index (κ3) is 2.68. The molecule has 2 saturated heterocycles. The van der Waals surface area contributed by atoms with Crippen LogP contribution in [0.1, 0.15) is 37.7 Å². The van der Waals surface area contributed by atoms with Crippen molar-refractivity contribution in [2.24, 2.45) is 0 Å². The van der Waals surface area contributed by atoms with Gasteiger partial charge in [0.2, 0.25) is 0 Å². The summed E-state index contributed by atoms with van der Waals surface area (Å²) in [6.45, 7) is 4.53. The number of rotatable bonds is 2. The van der Waals surface area contributed by atoms with Gasteiger partial charge in [-0.2, -0.15) is 5.26 Å². The topological polar surface area (TPSA) is 30.3 Å². The monoisotopic (exact) mass is 255 g/mol. The molecule has 100 valence electrons. The second-order valence-corrected chi connectivity index (χ2v) is 5.59. The number of piperidine rings is 1. The Balaban J connectivity index is 1.90. The van der Waals surface area contributed by atoms with E-state index >= 15 is 0 Å². The standard InChI is InChI=1S/C16H21N3/c17-13-14-10-15(18-6-2-1-3-7-18)12-16(11-14)19-8-4-5-9-19/h10-12H,1-9H2. The zero-order valence-electron chi connectivity index (χ0n) is 11.4. The molecule has 2 aliphatic rings. The smallest absolute Gasteiger partial charge is 0.0993 e. The van der Waals surface area contributed by atoms with Crippen molar-refractivity contribution in [1.29, 1.82) is 5.26 Å². The molecule has 3 nitrogen and oxygen atoms in total. The molecule has 0 saturated carbocycles. The lowest BCUT2D eigenvalue weighted by molar-refractivity contribution is 0.578. The van der Waals surface area contributed by atoms with Crippen LogP contribution in [0.3, 0.4) is 0 Å². The summed E-state index contributed by atoms with van der Waals surface area (Å²) in [5, 5.41) is 9.24. The Morgan fingerprint density at radius 2 is 1.21 bits per heavy atom. The average molecular weight is 255 g/mol. The van der Waals surface area contributed by atoms with Crippen molar-refractivity contribution in [3.8, 4) is 6.07 Å². The average Bonchev–Trinajstić information content (AvgIpc) is 3.02. The van der Waals surface area contributed by atoms with Gasteiger partial charge in [0.05, 0.1) is 11.6 Å². The Labute approximate surface area is 115 Å². The van der Waals surface area contributed by atoms with E-state index in [-0.39, 0.29) is 0 Å². The lowest BCUT2D eigenvalue weighted by atomic mass is 10.1. The van der Waals surface area contributed by atoms with E-state index in [4.69, 9.17) is 0 Å². The van der Waals surface area contributed by atoms with Crippen LogP contribution in [0, 0.1) is 11.3 Å². The Hall–Kier alpha value is -1.69. The first-order valence-electron chi connectivity index (χ1n) is 7.42. The number of anilines is 2. The first-order chi connectivity index (χ1) is 9.36. The van der Waals surface area contributed by atoms with Gasteiger partial charge in [0.15, 0.2) is 0 Å². The third-order valence-electron chi connectivity index (χ3n) is 4.22. The molecule has 0 aliphatic carbocycles. The second-order valence-electron chi connectivity index (χ2n) is 5.59. The van der Waals surface area contributed by atoms with Crippen LogP contribution in [0.4, 0.5) is 11.4 Å². The quantitative estimate of drug-likeness (QED) is 0.813. The molecule has 0 atom stereocenters. The van der Waals surface area contributed by atoms with Crippen molar-refractivity contribution in [2.75, 3.05) is 36.0 Å². The van der Waals surface area contributed by atoms with Crippen molar-refractivity contribution in [3.05, 3.63) is 23.8 Å². The fourth-order valence-electron chi connectivity index (χ4n) is 3.15. The van der Waals surface area contributed by atoms with Crippen LogP contribution in [0.5, 0.6) is 0 Å². The summed E-state index contributed by atoms with van der Waals surface area (Å²) in [4.78, 5) is 4.85. The Morgan fingerprint density at radius 3 is 1.68 bits per heavy atom. The molecular weight excluding hydrogens is 234 g/mol. The maximum Gasteiger partial charge on any atom is 0.0993 e. The van der Waals surface area contributed by atoms with Gasteiger partial charge in [-0.1, -0.05) is 0 Å².